The van der Waals surface area contributed by atoms with Crippen LogP contribution in [0.1, 0.15) is 52.6 Å². The van der Waals surface area contributed by atoms with E-state index in [2.05, 4.69) is 60.0 Å². The van der Waals surface area contributed by atoms with Gasteiger partial charge in [-0.05, 0) is 56.4 Å². The van der Waals surface area contributed by atoms with E-state index in [0.29, 0.717) is 34.6 Å². The van der Waals surface area contributed by atoms with Crippen molar-refractivity contribution in [2.75, 3.05) is 18.4 Å². The summed E-state index contributed by atoms with van der Waals surface area (Å²) >= 11 is 0. The van der Waals surface area contributed by atoms with Crippen molar-refractivity contribution in [1.82, 2.24) is 29.6 Å². The van der Waals surface area contributed by atoms with Crippen LogP contribution >= 0.6 is 0 Å². The van der Waals surface area contributed by atoms with Crippen LogP contribution in [0.5, 0.6) is 0 Å². The van der Waals surface area contributed by atoms with Gasteiger partial charge in [-0.15, -0.1) is 0 Å². The Hall–Kier alpha value is -3.79. The molecule has 10 heteroatoms. The van der Waals surface area contributed by atoms with Crippen LogP contribution in [-0.2, 0) is 0 Å². The number of aromatic nitrogens is 5. The molecule has 0 bridgehead atoms. The Kier molecular flexibility index (Phi) is 6.25. The van der Waals surface area contributed by atoms with Crippen molar-refractivity contribution in [2.45, 2.75) is 59.6 Å². The Morgan fingerprint density at radius 3 is 2.63 bits per heavy atom. The second-order valence-corrected chi connectivity index (χ2v) is 11.8. The first-order chi connectivity index (χ1) is 17.8. The lowest BCUT2D eigenvalue weighted by molar-refractivity contribution is -0.0965. The number of aliphatic hydroxyl groups is 1. The number of carbonyl (C=O) groups excluding carboxylic acids is 1. The van der Waals surface area contributed by atoms with E-state index in [1.165, 1.54) is 23.4 Å². The molecule has 9 nitrogen and oxygen atoms in total. The number of H-pyrrole nitrogens is 1. The molecule has 4 heterocycles. The number of carbonyl (C=O) groups is 1. The highest BCUT2D eigenvalue weighted by Gasteiger charge is 2.45. The Morgan fingerprint density at radius 2 is 1.97 bits per heavy atom. The van der Waals surface area contributed by atoms with E-state index in [1.807, 2.05) is 23.9 Å². The Bertz CT molecular complexity index is 1510. The number of halogens is 1. The minimum atomic E-state index is -0.901. The second-order valence-electron chi connectivity index (χ2n) is 11.8. The molecule has 1 saturated heterocycles. The van der Waals surface area contributed by atoms with Crippen LogP contribution in [-0.4, -0.2) is 59.5 Å². The number of β-amino-alcohol motifs (C(OH)–C–C–N with tert-alkyl or cyclic N) is 1. The molecule has 200 valence electrons. The van der Waals surface area contributed by atoms with Gasteiger partial charge in [0.1, 0.15) is 23.4 Å². The van der Waals surface area contributed by atoms with E-state index in [9.17, 15) is 14.3 Å². The fourth-order valence-corrected chi connectivity index (χ4v) is 5.23. The SMILES string of the molecule is Cc1c(NC(=O)N2CC(O)(CC(C)(C)C)C2)cc(F)cc1-c1ncnc2[nH]c(-c3cnn(C(C)C)c3)cc12. The molecule has 1 fully saturated rings. The quantitative estimate of drug-likeness (QED) is 0.321. The summed E-state index contributed by atoms with van der Waals surface area (Å²) in [4.78, 5) is 26.6. The zero-order valence-electron chi connectivity index (χ0n) is 22.6. The highest BCUT2D eigenvalue weighted by molar-refractivity contribution is 5.97. The number of urea groups is 1. The zero-order chi connectivity index (χ0) is 27.4. The van der Waals surface area contributed by atoms with Gasteiger partial charge in [-0.1, -0.05) is 20.8 Å². The molecule has 2 amide bonds. The summed E-state index contributed by atoms with van der Waals surface area (Å²) in [6, 6.07) is 4.52. The molecule has 3 aromatic heterocycles. The van der Waals surface area contributed by atoms with Crippen molar-refractivity contribution in [1.29, 1.82) is 0 Å². The number of aromatic amines is 1. The van der Waals surface area contributed by atoms with Crippen LogP contribution in [0, 0.1) is 18.2 Å². The maximum absolute atomic E-state index is 14.8. The lowest BCUT2D eigenvalue weighted by Crippen LogP contribution is -2.65. The average Bonchev–Trinajstić information content (AvgIpc) is 3.45. The predicted octanol–water partition coefficient (Wildman–Crippen LogP) is 5.53. The van der Waals surface area contributed by atoms with E-state index in [-0.39, 0.29) is 30.6 Å². The van der Waals surface area contributed by atoms with E-state index in [0.717, 1.165) is 16.6 Å². The molecule has 0 atom stereocenters. The number of nitrogens with zero attached hydrogens (tertiary/aromatic N) is 5. The summed E-state index contributed by atoms with van der Waals surface area (Å²) in [6.45, 7) is 12.6. The van der Waals surface area contributed by atoms with Gasteiger partial charge in [-0.3, -0.25) is 4.68 Å². The summed E-state index contributed by atoms with van der Waals surface area (Å²) < 4.78 is 16.7. The van der Waals surface area contributed by atoms with Crippen molar-refractivity contribution in [3.8, 4) is 22.5 Å². The van der Waals surface area contributed by atoms with E-state index >= 15 is 0 Å². The number of benzene rings is 1. The van der Waals surface area contributed by atoms with Gasteiger partial charge in [-0.25, -0.2) is 19.2 Å². The minimum Gasteiger partial charge on any atom is -0.386 e. The molecule has 0 saturated carbocycles. The molecule has 1 aliphatic heterocycles. The number of likely N-dealkylation sites (tertiary alicyclic amines) is 1. The maximum atomic E-state index is 14.8. The highest BCUT2D eigenvalue weighted by Crippen LogP contribution is 2.36. The molecular formula is C28H34FN7O2. The summed E-state index contributed by atoms with van der Waals surface area (Å²) in [5.41, 5.74) is 3.56. The lowest BCUT2D eigenvalue weighted by Gasteiger charge is -2.48. The largest absolute Gasteiger partial charge is 0.386 e. The predicted molar refractivity (Wildman–Crippen MR) is 145 cm³/mol. The van der Waals surface area contributed by atoms with Crippen LogP contribution in [0.2, 0.25) is 0 Å². The van der Waals surface area contributed by atoms with Gasteiger partial charge in [0, 0.05) is 34.4 Å². The van der Waals surface area contributed by atoms with Gasteiger partial charge in [-0.2, -0.15) is 5.10 Å². The summed E-state index contributed by atoms with van der Waals surface area (Å²) in [6.07, 6.45) is 5.78. The molecule has 0 unspecified atom stereocenters. The first kappa shape index (κ1) is 25.8. The van der Waals surface area contributed by atoms with E-state index < -0.39 is 11.4 Å². The molecule has 0 spiro atoms. The molecule has 5 rings (SSSR count). The fraction of sp³-hybridized carbons (Fsp3) is 0.429. The second kappa shape index (κ2) is 9.20. The number of fused-ring (bicyclic) bond motifs is 1. The number of amides is 2. The van der Waals surface area contributed by atoms with Gasteiger partial charge in [0.15, 0.2) is 0 Å². The number of anilines is 1. The smallest absolute Gasteiger partial charge is 0.322 e. The summed E-state index contributed by atoms with van der Waals surface area (Å²) in [5, 5.41) is 18.7. The molecule has 0 aliphatic carbocycles. The van der Waals surface area contributed by atoms with Gasteiger partial charge in [0.25, 0.3) is 0 Å². The van der Waals surface area contributed by atoms with Crippen molar-refractivity contribution in [3.05, 3.63) is 48.3 Å². The van der Waals surface area contributed by atoms with Crippen LogP contribution in [0.25, 0.3) is 33.5 Å². The van der Waals surface area contributed by atoms with Crippen LogP contribution in [0.4, 0.5) is 14.9 Å². The molecule has 0 radical (unpaired) electrons. The van der Waals surface area contributed by atoms with Crippen LogP contribution < -0.4 is 5.32 Å². The monoisotopic (exact) mass is 519 g/mol. The van der Waals surface area contributed by atoms with E-state index in [4.69, 9.17) is 0 Å². The third-order valence-corrected chi connectivity index (χ3v) is 6.85. The highest BCUT2D eigenvalue weighted by atomic mass is 19.1. The average molecular weight is 520 g/mol. The molecule has 38 heavy (non-hydrogen) atoms. The van der Waals surface area contributed by atoms with Gasteiger partial charge in [0.2, 0.25) is 0 Å². The van der Waals surface area contributed by atoms with Gasteiger partial charge in [0.05, 0.1) is 30.7 Å². The normalized spacial score (nSPS) is 15.2. The Morgan fingerprint density at radius 1 is 1.24 bits per heavy atom. The Labute approximate surface area is 221 Å². The van der Waals surface area contributed by atoms with Gasteiger partial charge < -0.3 is 20.3 Å². The van der Waals surface area contributed by atoms with Crippen molar-refractivity contribution < 1.29 is 14.3 Å². The fourth-order valence-electron chi connectivity index (χ4n) is 5.23. The lowest BCUT2D eigenvalue weighted by atomic mass is 9.78. The Balaban J connectivity index is 1.43. The number of hydrogen-bond donors (Lipinski definition) is 3. The molecule has 3 N–H and O–H groups in total. The zero-order valence-corrected chi connectivity index (χ0v) is 22.6. The topological polar surface area (TPSA) is 112 Å². The number of nitrogens with one attached hydrogen (secondary N) is 2. The summed E-state index contributed by atoms with van der Waals surface area (Å²) in [7, 11) is 0. The summed E-state index contributed by atoms with van der Waals surface area (Å²) in [5.74, 6) is -0.491. The molecule has 1 aliphatic rings. The third kappa shape index (κ3) is 5.00. The van der Waals surface area contributed by atoms with Crippen LogP contribution in [0.15, 0.2) is 36.9 Å². The van der Waals surface area contributed by atoms with Crippen molar-refractivity contribution in [3.63, 3.8) is 0 Å². The third-order valence-electron chi connectivity index (χ3n) is 6.85. The van der Waals surface area contributed by atoms with Crippen LogP contribution in [0.3, 0.4) is 0 Å². The molecular weight excluding hydrogens is 485 g/mol. The van der Waals surface area contributed by atoms with Crippen molar-refractivity contribution >= 4 is 22.8 Å². The number of hydrogen-bond acceptors (Lipinski definition) is 5. The minimum absolute atomic E-state index is 0.0543. The molecule has 1 aromatic carbocycles. The van der Waals surface area contributed by atoms with Gasteiger partial charge >= 0.3 is 6.03 Å². The van der Waals surface area contributed by atoms with Crippen molar-refractivity contribution in [2.24, 2.45) is 5.41 Å². The van der Waals surface area contributed by atoms with E-state index in [1.54, 1.807) is 6.20 Å². The number of rotatable bonds is 5. The standard InChI is InChI=1S/C28H34FN7O2/c1-16(2)36-11-18(10-32-36)23-9-21-24(30-15-31-25(21)33-23)20-7-19(29)8-22(17(20)3)34-26(37)35-13-28(38,14-35)12-27(4,5)6/h7-11,15-16,38H,12-14H2,1-6H3,(H,34,37)(H,30,31,33). The molecule has 4 aromatic rings. The maximum Gasteiger partial charge on any atom is 0.322 e. The first-order valence-corrected chi connectivity index (χ1v) is 12.8. The first-order valence-electron chi connectivity index (χ1n) is 12.8.